The normalized spacial score (nSPS) is 15.6. The fourth-order valence-electron chi connectivity index (χ4n) is 1.98. The molecule has 2 aromatic rings. The van der Waals surface area contributed by atoms with Crippen molar-refractivity contribution in [3.05, 3.63) is 35.2 Å². The predicted octanol–water partition coefficient (Wildman–Crippen LogP) is 5.23. The number of rotatable bonds is 4. The highest BCUT2D eigenvalue weighted by atomic mass is 32.1. The smallest absolute Gasteiger partial charge is 0.0386 e. The molecule has 2 rings (SSSR count). The second-order valence-electron chi connectivity index (χ2n) is 6.58. The predicted molar refractivity (Wildman–Crippen MR) is 86.9 cm³/mol. The first-order valence-corrected chi connectivity index (χ1v) is 7.91. The molecule has 0 saturated carbocycles. The summed E-state index contributed by atoms with van der Waals surface area (Å²) in [5, 5.41) is 5.04. The minimum atomic E-state index is 0.368. The molecule has 2 heteroatoms. The Bertz CT molecular complexity index is 502. The number of hydrogen-bond acceptors (Lipinski definition) is 2. The molecule has 1 N–H and O–H groups in total. The van der Waals surface area contributed by atoms with E-state index < -0.39 is 0 Å². The molecule has 1 aromatic carbocycles. The molecule has 0 aliphatic rings. The van der Waals surface area contributed by atoms with Crippen LogP contribution in [0.3, 0.4) is 0 Å². The molecule has 0 aliphatic heterocycles. The monoisotopic (exact) mass is 275 g/mol. The first-order valence-electron chi connectivity index (χ1n) is 7.10. The Morgan fingerprint density at radius 2 is 1.84 bits per heavy atom. The molecule has 0 radical (unpaired) electrons. The average Bonchev–Trinajstić information content (AvgIpc) is 2.78. The molecule has 0 saturated heterocycles. The van der Waals surface area contributed by atoms with Gasteiger partial charge in [0.25, 0.3) is 0 Å². The molecule has 0 amide bonds. The molecular formula is C17H25NS. The maximum absolute atomic E-state index is 3.68. The van der Waals surface area contributed by atoms with Crippen molar-refractivity contribution in [2.75, 3.05) is 6.54 Å². The van der Waals surface area contributed by atoms with Crippen molar-refractivity contribution in [1.82, 2.24) is 5.32 Å². The molecule has 1 heterocycles. The number of benzene rings is 1. The Balaban J connectivity index is 2.02. The van der Waals surface area contributed by atoms with Crippen LogP contribution in [0.4, 0.5) is 0 Å². The third kappa shape index (κ3) is 3.58. The standard InChI is InChI=1S/C17H25NS/c1-12(17(3,4)5)11-18-13(2)16-10-14-8-6-7-9-15(14)19-16/h6-10,12-13,18H,11H2,1-5H3. The van der Waals surface area contributed by atoms with Gasteiger partial charge in [-0.3, -0.25) is 0 Å². The summed E-state index contributed by atoms with van der Waals surface area (Å²) in [6.45, 7) is 12.6. The molecule has 19 heavy (non-hydrogen) atoms. The van der Waals surface area contributed by atoms with E-state index in [1.165, 1.54) is 15.0 Å². The van der Waals surface area contributed by atoms with E-state index in [0.717, 1.165) is 6.54 Å². The third-order valence-electron chi connectivity index (χ3n) is 4.08. The van der Waals surface area contributed by atoms with Crippen LogP contribution in [0.2, 0.25) is 0 Å². The molecule has 1 nitrogen and oxygen atoms in total. The molecule has 0 aliphatic carbocycles. The van der Waals surface area contributed by atoms with Gasteiger partial charge in [0, 0.05) is 15.6 Å². The minimum Gasteiger partial charge on any atom is -0.309 e. The van der Waals surface area contributed by atoms with E-state index in [9.17, 15) is 0 Å². The van der Waals surface area contributed by atoms with E-state index in [0.29, 0.717) is 17.4 Å². The fraction of sp³-hybridized carbons (Fsp3) is 0.529. The highest BCUT2D eigenvalue weighted by molar-refractivity contribution is 7.19. The van der Waals surface area contributed by atoms with E-state index in [2.05, 4.69) is 70.3 Å². The Morgan fingerprint density at radius 1 is 1.16 bits per heavy atom. The van der Waals surface area contributed by atoms with Gasteiger partial charge < -0.3 is 5.32 Å². The van der Waals surface area contributed by atoms with Crippen molar-refractivity contribution < 1.29 is 0 Å². The average molecular weight is 275 g/mol. The van der Waals surface area contributed by atoms with Crippen LogP contribution in [-0.4, -0.2) is 6.54 Å². The SMILES string of the molecule is CC(NCC(C)C(C)(C)C)c1cc2ccccc2s1. The summed E-state index contributed by atoms with van der Waals surface area (Å²) in [5.41, 5.74) is 0.368. The van der Waals surface area contributed by atoms with Crippen LogP contribution in [-0.2, 0) is 0 Å². The lowest BCUT2D eigenvalue weighted by Gasteiger charge is -2.28. The summed E-state index contributed by atoms with van der Waals surface area (Å²) in [4.78, 5) is 1.43. The minimum absolute atomic E-state index is 0.368. The zero-order valence-electron chi connectivity index (χ0n) is 12.7. The molecule has 0 bridgehead atoms. The zero-order chi connectivity index (χ0) is 14.0. The van der Waals surface area contributed by atoms with E-state index in [4.69, 9.17) is 0 Å². The fourth-order valence-corrected chi connectivity index (χ4v) is 3.07. The number of nitrogens with one attached hydrogen (secondary N) is 1. The number of thiophene rings is 1. The van der Waals surface area contributed by atoms with Gasteiger partial charge in [-0.1, -0.05) is 45.9 Å². The molecule has 104 valence electrons. The Kier molecular flexibility index (Phi) is 4.32. The first kappa shape index (κ1) is 14.5. The first-order chi connectivity index (χ1) is 8.88. The molecular weight excluding hydrogens is 250 g/mol. The number of hydrogen-bond donors (Lipinski definition) is 1. The van der Waals surface area contributed by atoms with Crippen LogP contribution >= 0.6 is 11.3 Å². The van der Waals surface area contributed by atoms with Crippen molar-refractivity contribution in [1.29, 1.82) is 0 Å². The third-order valence-corrected chi connectivity index (χ3v) is 5.38. The van der Waals surface area contributed by atoms with Crippen LogP contribution in [0.25, 0.3) is 10.1 Å². The van der Waals surface area contributed by atoms with E-state index in [1.54, 1.807) is 0 Å². The summed E-state index contributed by atoms with van der Waals surface area (Å²) in [5.74, 6) is 0.671. The lowest BCUT2D eigenvalue weighted by atomic mass is 9.82. The maximum atomic E-state index is 3.68. The summed E-state index contributed by atoms with van der Waals surface area (Å²) in [6.07, 6.45) is 0. The van der Waals surface area contributed by atoms with Crippen LogP contribution < -0.4 is 5.32 Å². The topological polar surface area (TPSA) is 12.0 Å². The van der Waals surface area contributed by atoms with Crippen molar-refractivity contribution in [3.8, 4) is 0 Å². The van der Waals surface area contributed by atoms with Gasteiger partial charge >= 0.3 is 0 Å². The quantitative estimate of drug-likeness (QED) is 0.805. The lowest BCUT2D eigenvalue weighted by molar-refractivity contribution is 0.247. The van der Waals surface area contributed by atoms with Crippen LogP contribution in [0, 0.1) is 11.3 Å². The molecule has 0 spiro atoms. The molecule has 1 aromatic heterocycles. The van der Waals surface area contributed by atoms with Crippen molar-refractivity contribution in [2.24, 2.45) is 11.3 Å². The van der Waals surface area contributed by atoms with Crippen molar-refractivity contribution in [2.45, 2.75) is 40.7 Å². The van der Waals surface area contributed by atoms with Gasteiger partial charge in [-0.15, -0.1) is 11.3 Å². The second kappa shape index (κ2) is 5.64. The van der Waals surface area contributed by atoms with Crippen molar-refractivity contribution >= 4 is 21.4 Å². The molecule has 0 fully saturated rings. The lowest BCUT2D eigenvalue weighted by Crippen LogP contribution is -2.31. The van der Waals surface area contributed by atoms with E-state index in [1.807, 2.05) is 11.3 Å². The zero-order valence-corrected chi connectivity index (χ0v) is 13.5. The van der Waals surface area contributed by atoms with Crippen LogP contribution in [0.15, 0.2) is 30.3 Å². The maximum Gasteiger partial charge on any atom is 0.0386 e. The Hall–Kier alpha value is -0.860. The van der Waals surface area contributed by atoms with E-state index in [-0.39, 0.29) is 0 Å². The van der Waals surface area contributed by atoms with Gasteiger partial charge in [0.2, 0.25) is 0 Å². The highest BCUT2D eigenvalue weighted by Crippen LogP contribution is 2.30. The summed E-state index contributed by atoms with van der Waals surface area (Å²) < 4.78 is 1.38. The van der Waals surface area contributed by atoms with Gasteiger partial charge in [0.05, 0.1) is 0 Å². The number of fused-ring (bicyclic) bond motifs is 1. The van der Waals surface area contributed by atoms with Crippen molar-refractivity contribution in [3.63, 3.8) is 0 Å². The Labute approximate surface area is 121 Å². The largest absolute Gasteiger partial charge is 0.309 e. The van der Waals surface area contributed by atoms with Gasteiger partial charge in [-0.2, -0.15) is 0 Å². The molecule has 2 atom stereocenters. The van der Waals surface area contributed by atoms with Gasteiger partial charge in [0.15, 0.2) is 0 Å². The Morgan fingerprint density at radius 3 is 2.47 bits per heavy atom. The highest BCUT2D eigenvalue weighted by Gasteiger charge is 2.20. The van der Waals surface area contributed by atoms with E-state index >= 15 is 0 Å². The van der Waals surface area contributed by atoms with Gasteiger partial charge in [0.1, 0.15) is 0 Å². The van der Waals surface area contributed by atoms with Crippen LogP contribution in [0.5, 0.6) is 0 Å². The summed E-state index contributed by atoms with van der Waals surface area (Å²) in [7, 11) is 0. The van der Waals surface area contributed by atoms with Gasteiger partial charge in [-0.25, -0.2) is 0 Å². The second-order valence-corrected chi connectivity index (χ2v) is 7.70. The van der Waals surface area contributed by atoms with Crippen LogP contribution in [0.1, 0.15) is 45.5 Å². The summed E-state index contributed by atoms with van der Waals surface area (Å²) in [6, 6.07) is 11.4. The summed E-state index contributed by atoms with van der Waals surface area (Å²) >= 11 is 1.90. The molecule has 2 unspecified atom stereocenters. The van der Waals surface area contributed by atoms with Gasteiger partial charge in [-0.05, 0) is 42.3 Å².